The van der Waals surface area contributed by atoms with Crippen molar-refractivity contribution in [2.24, 2.45) is 4.99 Å². The van der Waals surface area contributed by atoms with Gasteiger partial charge in [-0.3, -0.25) is 19.8 Å². The van der Waals surface area contributed by atoms with E-state index in [0.29, 0.717) is 38.0 Å². The van der Waals surface area contributed by atoms with E-state index in [0.717, 1.165) is 26.6 Å². The quantitative estimate of drug-likeness (QED) is 0.537. The van der Waals surface area contributed by atoms with Gasteiger partial charge < -0.3 is 15.0 Å². The maximum Gasteiger partial charge on any atom is 0.410 e. The third kappa shape index (κ3) is 5.81. The maximum atomic E-state index is 12.6. The Hall–Kier alpha value is -3.59. The van der Waals surface area contributed by atoms with Crippen LogP contribution in [0, 0.1) is 0 Å². The summed E-state index contributed by atoms with van der Waals surface area (Å²) in [6.45, 7) is 1.13. The summed E-state index contributed by atoms with van der Waals surface area (Å²) in [6.07, 6.45) is 8.24. The SMILES string of the molecule is CN=Cc1c(NC(=O)CCc2cccnc2)sc2c1CCN(C(=O)OCc1ccccn1)C2. The average molecular weight is 464 g/mol. The number of rotatable bonds is 7. The van der Waals surface area contributed by atoms with Crippen molar-refractivity contribution in [2.45, 2.75) is 32.4 Å². The normalized spacial score (nSPS) is 13.1. The first-order valence-corrected chi connectivity index (χ1v) is 11.5. The molecule has 1 N–H and O–H groups in total. The van der Waals surface area contributed by atoms with Crippen molar-refractivity contribution in [2.75, 3.05) is 18.9 Å². The predicted octanol–water partition coefficient (Wildman–Crippen LogP) is 3.85. The molecule has 170 valence electrons. The van der Waals surface area contributed by atoms with E-state index in [9.17, 15) is 9.59 Å². The summed E-state index contributed by atoms with van der Waals surface area (Å²) in [6, 6.07) is 9.32. The summed E-state index contributed by atoms with van der Waals surface area (Å²) in [5.74, 6) is -0.0603. The number of nitrogens with zero attached hydrogens (tertiary/aromatic N) is 4. The number of aryl methyl sites for hydroxylation is 1. The van der Waals surface area contributed by atoms with Crippen molar-refractivity contribution in [3.8, 4) is 0 Å². The molecule has 2 amide bonds. The number of ether oxygens (including phenoxy) is 1. The van der Waals surface area contributed by atoms with Crippen LogP contribution in [-0.2, 0) is 35.5 Å². The molecule has 1 aliphatic rings. The van der Waals surface area contributed by atoms with Gasteiger partial charge in [0.1, 0.15) is 11.6 Å². The lowest BCUT2D eigenvalue weighted by Gasteiger charge is -2.26. The lowest BCUT2D eigenvalue weighted by atomic mass is 10.0. The van der Waals surface area contributed by atoms with Gasteiger partial charge in [-0.15, -0.1) is 11.3 Å². The number of aliphatic imine (C=N–C) groups is 1. The molecule has 0 fully saturated rings. The number of carbonyl (C=O) groups is 2. The number of aromatic nitrogens is 2. The molecule has 3 aromatic heterocycles. The van der Waals surface area contributed by atoms with Crippen LogP contribution in [0.5, 0.6) is 0 Å². The molecule has 0 radical (unpaired) electrons. The Labute approximate surface area is 196 Å². The van der Waals surface area contributed by atoms with E-state index in [2.05, 4.69) is 20.3 Å². The minimum Gasteiger partial charge on any atom is -0.443 e. The maximum absolute atomic E-state index is 12.6. The van der Waals surface area contributed by atoms with Gasteiger partial charge in [0.15, 0.2) is 0 Å². The van der Waals surface area contributed by atoms with Crippen molar-refractivity contribution < 1.29 is 14.3 Å². The van der Waals surface area contributed by atoms with Gasteiger partial charge in [-0.2, -0.15) is 0 Å². The summed E-state index contributed by atoms with van der Waals surface area (Å²) in [5.41, 5.74) is 3.78. The zero-order chi connectivity index (χ0) is 23.0. The molecule has 0 saturated heterocycles. The van der Waals surface area contributed by atoms with Gasteiger partial charge in [0.25, 0.3) is 0 Å². The molecule has 0 aliphatic carbocycles. The summed E-state index contributed by atoms with van der Waals surface area (Å²) in [5, 5.41) is 3.81. The molecule has 0 saturated carbocycles. The largest absolute Gasteiger partial charge is 0.443 e. The van der Waals surface area contributed by atoms with Gasteiger partial charge in [-0.25, -0.2) is 4.79 Å². The second-order valence-corrected chi connectivity index (χ2v) is 8.70. The van der Waals surface area contributed by atoms with Crippen LogP contribution in [0.4, 0.5) is 9.80 Å². The molecule has 1 aliphatic heterocycles. The molecule has 8 nitrogen and oxygen atoms in total. The third-order valence-electron chi connectivity index (χ3n) is 5.30. The summed E-state index contributed by atoms with van der Waals surface area (Å²) < 4.78 is 5.43. The van der Waals surface area contributed by atoms with Crippen LogP contribution in [0.1, 0.15) is 33.7 Å². The molecule has 33 heavy (non-hydrogen) atoms. The minimum atomic E-state index is -0.368. The molecular formula is C24H25N5O3S. The van der Waals surface area contributed by atoms with E-state index in [1.165, 1.54) is 11.3 Å². The average Bonchev–Trinajstić information content (AvgIpc) is 3.18. The molecule has 0 spiro atoms. The minimum absolute atomic E-state index is 0.0603. The number of fused-ring (bicyclic) bond motifs is 1. The predicted molar refractivity (Wildman–Crippen MR) is 128 cm³/mol. The lowest BCUT2D eigenvalue weighted by molar-refractivity contribution is -0.116. The van der Waals surface area contributed by atoms with Gasteiger partial charge >= 0.3 is 6.09 Å². The number of hydrogen-bond donors (Lipinski definition) is 1. The summed E-state index contributed by atoms with van der Waals surface area (Å²) >= 11 is 1.49. The van der Waals surface area contributed by atoms with E-state index in [1.54, 1.807) is 36.8 Å². The Morgan fingerprint density at radius 3 is 2.94 bits per heavy atom. The first-order chi connectivity index (χ1) is 16.1. The van der Waals surface area contributed by atoms with Crippen molar-refractivity contribution >= 4 is 34.6 Å². The highest BCUT2D eigenvalue weighted by Gasteiger charge is 2.27. The Morgan fingerprint density at radius 2 is 2.18 bits per heavy atom. The van der Waals surface area contributed by atoms with E-state index < -0.39 is 0 Å². The fourth-order valence-corrected chi connectivity index (χ4v) is 4.90. The van der Waals surface area contributed by atoms with Gasteiger partial charge in [0.2, 0.25) is 5.91 Å². The number of nitrogens with one attached hydrogen (secondary N) is 1. The van der Waals surface area contributed by atoms with Crippen LogP contribution in [0.15, 0.2) is 53.9 Å². The Bertz CT molecular complexity index is 1130. The number of hydrogen-bond acceptors (Lipinski definition) is 7. The van der Waals surface area contributed by atoms with Crippen LogP contribution >= 0.6 is 11.3 Å². The van der Waals surface area contributed by atoms with Gasteiger partial charge in [-0.05, 0) is 42.2 Å². The first-order valence-electron chi connectivity index (χ1n) is 10.7. The van der Waals surface area contributed by atoms with Crippen LogP contribution in [0.3, 0.4) is 0 Å². The fraction of sp³-hybridized carbons (Fsp3) is 0.292. The molecule has 4 heterocycles. The molecule has 4 rings (SSSR count). The van der Waals surface area contributed by atoms with Crippen LogP contribution < -0.4 is 5.32 Å². The summed E-state index contributed by atoms with van der Waals surface area (Å²) in [7, 11) is 1.71. The number of amides is 2. The van der Waals surface area contributed by atoms with Crippen molar-refractivity contribution in [3.05, 3.63) is 76.2 Å². The zero-order valence-electron chi connectivity index (χ0n) is 18.4. The number of thiophene rings is 1. The molecule has 0 aromatic carbocycles. The smallest absolute Gasteiger partial charge is 0.410 e. The van der Waals surface area contributed by atoms with E-state index in [4.69, 9.17) is 4.74 Å². The van der Waals surface area contributed by atoms with Crippen LogP contribution in [0.25, 0.3) is 0 Å². The van der Waals surface area contributed by atoms with Crippen molar-refractivity contribution in [3.63, 3.8) is 0 Å². The molecule has 9 heteroatoms. The van der Waals surface area contributed by atoms with Crippen LogP contribution in [0.2, 0.25) is 0 Å². The van der Waals surface area contributed by atoms with Gasteiger partial charge in [-0.1, -0.05) is 12.1 Å². The van der Waals surface area contributed by atoms with Gasteiger partial charge in [0, 0.05) is 55.3 Å². The van der Waals surface area contributed by atoms with E-state index in [-0.39, 0.29) is 18.6 Å². The zero-order valence-corrected chi connectivity index (χ0v) is 19.2. The fourth-order valence-electron chi connectivity index (χ4n) is 3.65. The number of carbonyl (C=O) groups excluding carboxylic acids is 2. The number of anilines is 1. The molecule has 0 unspecified atom stereocenters. The van der Waals surface area contributed by atoms with E-state index in [1.807, 2.05) is 30.3 Å². The monoisotopic (exact) mass is 463 g/mol. The molecular weight excluding hydrogens is 438 g/mol. The molecule has 3 aromatic rings. The lowest BCUT2D eigenvalue weighted by Crippen LogP contribution is -2.35. The van der Waals surface area contributed by atoms with Crippen LogP contribution in [-0.4, -0.2) is 46.7 Å². The highest BCUT2D eigenvalue weighted by atomic mass is 32.1. The highest BCUT2D eigenvalue weighted by Crippen LogP contribution is 2.36. The topological polar surface area (TPSA) is 96.8 Å². The summed E-state index contributed by atoms with van der Waals surface area (Å²) in [4.78, 5) is 40.3. The standard InChI is InChI=1S/C24H25N5O3S/c1-25-14-20-19-9-12-29(24(31)32-16-18-6-2-3-11-27-18)15-21(19)33-23(20)28-22(30)8-7-17-5-4-10-26-13-17/h2-6,10-11,13-14H,7-9,12,15-16H2,1H3,(H,28,30). The van der Waals surface area contributed by atoms with E-state index >= 15 is 0 Å². The Morgan fingerprint density at radius 1 is 1.27 bits per heavy atom. The number of pyridine rings is 2. The highest BCUT2D eigenvalue weighted by molar-refractivity contribution is 7.16. The Kier molecular flexibility index (Phi) is 7.41. The third-order valence-corrected chi connectivity index (χ3v) is 6.45. The van der Waals surface area contributed by atoms with Crippen molar-refractivity contribution in [1.82, 2.24) is 14.9 Å². The molecule has 0 bridgehead atoms. The second kappa shape index (κ2) is 10.8. The van der Waals surface area contributed by atoms with Crippen molar-refractivity contribution in [1.29, 1.82) is 0 Å². The molecule has 0 atom stereocenters. The van der Waals surface area contributed by atoms with Gasteiger partial charge in [0.05, 0.1) is 12.2 Å². The first kappa shape index (κ1) is 22.6. The second-order valence-electron chi connectivity index (χ2n) is 7.59. The Balaban J connectivity index is 1.40.